The van der Waals surface area contributed by atoms with Crippen molar-refractivity contribution in [3.63, 3.8) is 0 Å². The molecule has 4 N–H and O–H groups in total. The Morgan fingerprint density at radius 2 is 1.89 bits per heavy atom. The van der Waals surface area contributed by atoms with E-state index in [1.165, 1.54) is 24.3 Å². The number of carboxylic acids is 1. The van der Waals surface area contributed by atoms with Gasteiger partial charge in [-0.05, 0) is 54.1 Å². The molecular formula is C19H15FN2O5S. The van der Waals surface area contributed by atoms with Crippen LogP contribution in [0.25, 0.3) is 6.08 Å². The summed E-state index contributed by atoms with van der Waals surface area (Å²) in [5.74, 6) is -1.56. The fourth-order valence-corrected chi connectivity index (χ4v) is 3.09. The SMILES string of the molecule is NC(Cc1ccc(Oc2ccc(/C=C3/SC(=O)NC3=O)c(F)c2)cc1)C(=O)O. The van der Waals surface area contributed by atoms with Crippen LogP contribution in [-0.4, -0.2) is 28.3 Å². The number of thioether (sulfide) groups is 1. The highest BCUT2D eigenvalue weighted by atomic mass is 32.2. The molecule has 2 aromatic rings. The maximum atomic E-state index is 14.3. The van der Waals surface area contributed by atoms with Crippen molar-refractivity contribution >= 4 is 35.0 Å². The van der Waals surface area contributed by atoms with Crippen molar-refractivity contribution in [2.75, 3.05) is 0 Å². The number of carbonyl (C=O) groups excluding carboxylic acids is 2. The summed E-state index contributed by atoms with van der Waals surface area (Å²) < 4.78 is 19.9. The Morgan fingerprint density at radius 3 is 2.46 bits per heavy atom. The Hall–Kier alpha value is -3.17. The minimum Gasteiger partial charge on any atom is -0.480 e. The predicted octanol–water partition coefficient (Wildman–Crippen LogP) is 2.90. The third-order valence-corrected chi connectivity index (χ3v) is 4.64. The van der Waals surface area contributed by atoms with Crippen LogP contribution in [0.4, 0.5) is 9.18 Å². The van der Waals surface area contributed by atoms with Crippen molar-refractivity contribution in [3.05, 3.63) is 64.3 Å². The summed E-state index contributed by atoms with van der Waals surface area (Å²) in [5, 5.41) is 10.4. The smallest absolute Gasteiger partial charge is 0.320 e. The van der Waals surface area contributed by atoms with Crippen molar-refractivity contribution < 1.29 is 28.6 Å². The lowest BCUT2D eigenvalue weighted by Gasteiger charge is -2.09. The molecule has 2 amide bonds. The summed E-state index contributed by atoms with van der Waals surface area (Å²) in [5.41, 5.74) is 6.38. The van der Waals surface area contributed by atoms with Crippen LogP contribution in [0.5, 0.6) is 11.5 Å². The molecule has 1 saturated heterocycles. The molecule has 1 aliphatic heterocycles. The van der Waals surface area contributed by atoms with Crippen LogP contribution in [0.1, 0.15) is 11.1 Å². The first kappa shape index (κ1) is 19.6. The van der Waals surface area contributed by atoms with Gasteiger partial charge in [-0.25, -0.2) is 4.39 Å². The normalized spacial score (nSPS) is 16.1. The molecule has 0 saturated carbocycles. The first-order valence-corrected chi connectivity index (χ1v) is 8.93. The molecule has 9 heteroatoms. The highest BCUT2D eigenvalue weighted by Gasteiger charge is 2.25. The number of nitrogens with two attached hydrogens (primary N) is 1. The van der Waals surface area contributed by atoms with E-state index in [1.54, 1.807) is 24.3 Å². The van der Waals surface area contributed by atoms with Crippen molar-refractivity contribution in [2.45, 2.75) is 12.5 Å². The quantitative estimate of drug-likeness (QED) is 0.636. The second kappa shape index (κ2) is 8.24. The summed E-state index contributed by atoms with van der Waals surface area (Å²) >= 11 is 0.709. The molecule has 0 radical (unpaired) electrons. The van der Waals surface area contributed by atoms with Crippen molar-refractivity contribution in [3.8, 4) is 11.5 Å². The summed E-state index contributed by atoms with van der Waals surface area (Å²) in [6.07, 6.45) is 1.48. The molecule has 1 unspecified atom stereocenters. The minimum absolute atomic E-state index is 0.118. The van der Waals surface area contributed by atoms with E-state index in [0.29, 0.717) is 17.5 Å². The average molecular weight is 402 g/mol. The van der Waals surface area contributed by atoms with E-state index < -0.39 is 29.0 Å². The molecule has 144 valence electrons. The Labute approximate surface area is 163 Å². The molecule has 1 aliphatic rings. The van der Waals surface area contributed by atoms with Gasteiger partial charge in [-0.1, -0.05) is 12.1 Å². The highest BCUT2D eigenvalue weighted by Crippen LogP contribution is 2.29. The molecular weight excluding hydrogens is 387 g/mol. The van der Waals surface area contributed by atoms with Gasteiger partial charge in [-0.15, -0.1) is 0 Å². The fraction of sp³-hybridized carbons (Fsp3) is 0.105. The van der Waals surface area contributed by atoms with Gasteiger partial charge >= 0.3 is 5.97 Å². The van der Waals surface area contributed by atoms with Crippen LogP contribution in [0.3, 0.4) is 0 Å². The van der Waals surface area contributed by atoms with E-state index in [0.717, 1.165) is 5.56 Å². The molecule has 28 heavy (non-hydrogen) atoms. The first-order valence-electron chi connectivity index (χ1n) is 8.11. The number of benzene rings is 2. The number of halogens is 1. The maximum absolute atomic E-state index is 14.3. The summed E-state index contributed by atoms with van der Waals surface area (Å²) in [6.45, 7) is 0. The van der Waals surface area contributed by atoms with Gasteiger partial charge in [-0.3, -0.25) is 19.7 Å². The van der Waals surface area contributed by atoms with E-state index in [2.05, 4.69) is 5.32 Å². The zero-order valence-corrected chi connectivity index (χ0v) is 15.2. The van der Waals surface area contributed by atoms with Gasteiger partial charge in [0.15, 0.2) is 0 Å². The van der Waals surface area contributed by atoms with Crippen molar-refractivity contribution in [1.29, 1.82) is 0 Å². The number of ether oxygens (including phenoxy) is 1. The van der Waals surface area contributed by atoms with Crippen LogP contribution in [0.2, 0.25) is 0 Å². The van der Waals surface area contributed by atoms with Crippen molar-refractivity contribution in [1.82, 2.24) is 5.32 Å². The number of carboxylic acid groups (broad SMARTS) is 1. The number of aliphatic carboxylic acids is 1. The van der Waals surface area contributed by atoms with Crippen LogP contribution >= 0.6 is 11.8 Å². The van der Waals surface area contributed by atoms with Crippen LogP contribution in [0, 0.1) is 5.82 Å². The highest BCUT2D eigenvalue weighted by molar-refractivity contribution is 8.18. The molecule has 1 fully saturated rings. The standard InChI is InChI=1S/C19H15FN2O5S/c20-14-9-13(6-3-11(14)8-16-17(23)22-19(26)28-16)27-12-4-1-10(2-5-12)7-15(21)18(24)25/h1-6,8-9,15H,7,21H2,(H,24,25)(H,22,23,26)/b16-8+. The summed E-state index contributed by atoms with van der Waals surface area (Å²) in [4.78, 5) is 33.6. The zero-order chi connectivity index (χ0) is 20.3. The molecule has 3 rings (SSSR count). The molecule has 2 aromatic carbocycles. The number of amides is 2. The molecule has 0 aromatic heterocycles. The minimum atomic E-state index is -1.08. The van der Waals surface area contributed by atoms with Crippen LogP contribution < -0.4 is 15.8 Å². The maximum Gasteiger partial charge on any atom is 0.320 e. The number of hydrogen-bond donors (Lipinski definition) is 3. The van der Waals surface area contributed by atoms with Crippen LogP contribution in [0.15, 0.2) is 47.4 Å². The summed E-state index contributed by atoms with van der Waals surface area (Å²) in [6, 6.07) is 9.77. The van der Waals surface area contributed by atoms with E-state index in [9.17, 15) is 18.8 Å². The van der Waals surface area contributed by atoms with E-state index in [4.69, 9.17) is 15.6 Å². The molecule has 0 aliphatic carbocycles. The van der Waals surface area contributed by atoms with Crippen LogP contribution in [-0.2, 0) is 16.0 Å². The third-order valence-electron chi connectivity index (χ3n) is 3.83. The lowest BCUT2D eigenvalue weighted by molar-refractivity contribution is -0.138. The monoisotopic (exact) mass is 402 g/mol. The molecule has 1 heterocycles. The Kier molecular flexibility index (Phi) is 5.76. The Morgan fingerprint density at radius 1 is 1.21 bits per heavy atom. The number of carbonyl (C=O) groups is 3. The van der Waals surface area contributed by atoms with Gasteiger partial charge in [0.05, 0.1) is 4.91 Å². The van der Waals surface area contributed by atoms with Gasteiger partial charge in [0.25, 0.3) is 11.1 Å². The van der Waals surface area contributed by atoms with Crippen molar-refractivity contribution in [2.24, 2.45) is 5.73 Å². The number of imide groups is 1. The lowest BCUT2D eigenvalue weighted by Crippen LogP contribution is -2.32. The number of hydrogen-bond acceptors (Lipinski definition) is 6. The number of rotatable bonds is 6. The second-order valence-electron chi connectivity index (χ2n) is 5.93. The van der Waals surface area contributed by atoms with Gasteiger partial charge in [0, 0.05) is 11.6 Å². The topological polar surface area (TPSA) is 119 Å². The largest absolute Gasteiger partial charge is 0.480 e. The molecule has 1 atom stereocenters. The fourth-order valence-electron chi connectivity index (χ4n) is 2.42. The zero-order valence-electron chi connectivity index (χ0n) is 14.3. The Bertz CT molecular complexity index is 975. The summed E-state index contributed by atoms with van der Waals surface area (Å²) in [7, 11) is 0. The molecule has 0 spiro atoms. The van der Waals surface area contributed by atoms with Gasteiger partial charge in [0.1, 0.15) is 23.4 Å². The van der Waals surface area contributed by atoms with Gasteiger partial charge in [-0.2, -0.15) is 0 Å². The van der Waals surface area contributed by atoms with E-state index in [1.807, 2.05) is 0 Å². The first-order chi connectivity index (χ1) is 13.3. The van der Waals surface area contributed by atoms with E-state index in [-0.39, 0.29) is 22.6 Å². The molecule has 0 bridgehead atoms. The predicted molar refractivity (Wildman–Crippen MR) is 101 cm³/mol. The Balaban J connectivity index is 1.69. The lowest BCUT2D eigenvalue weighted by atomic mass is 10.1. The molecule has 7 nitrogen and oxygen atoms in total. The average Bonchev–Trinajstić information content (AvgIpc) is 2.96. The second-order valence-corrected chi connectivity index (χ2v) is 6.95. The number of nitrogens with one attached hydrogen (secondary N) is 1. The third kappa shape index (κ3) is 4.76. The van der Waals surface area contributed by atoms with E-state index >= 15 is 0 Å². The van der Waals surface area contributed by atoms with Gasteiger partial charge < -0.3 is 15.6 Å². The van der Waals surface area contributed by atoms with Gasteiger partial charge in [0.2, 0.25) is 0 Å².